The lowest BCUT2D eigenvalue weighted by atomic mass is 9.99. The number of anilines is 1. The zero-order valence-electron chi connectivity index (χ0n) is 10.9. The summed E-state index contributed by atoms with van der Waals surface area (Å²) < 4.78 is 13.0. The van der Waals surface area contributed by atoms with Crippen molar-refractivity contribution in [3.8, 4) is 0 Å². The highest BCUT2D eigenvalue weighted by molar-refractivity contribution is 5.95. The summed E-state index contributed by atoms with van der Waals surface area (Å²) in [6.45, 7) is 5.71. The molecule has 2 unspecified atom stereocenters. The lowest BCUT2D eigenvalue weighted by molar-refractivity contribution is -0.118. The highest BCUT2D eigenvalue weighted by Crippen LogP contribution is 2.17. The number of rotatable bonds is 4. The molecule has 1 aromatic rings. The monoisotopic (exact) mass is 274 g/mol. The van der Waals surface area contributed by atoms with Crippen molar-refractivity contribution in [1.29, 1.82) is 0 Å². The number of hydrogen-bond donors (Lipinski definition) is 2. The van der Waals surface area contributed by atoms with Crippen LogP contribution < -0.4 is 11.1 Å². The van der Waals surface area contributed by atoms with Crippen LogP contribution in [0.1, 0.15) is 25.8 Å². The maximum atomic E-state index is 13.0. The number of halogens is 2. The minimum Gasteiger partial charge on any atom is -0.324 e. The van der Waals surface area contributed by atoms with E-state index in [1.807, 2.05) is 20.8 Å². The van der Waals surface area contributed by atoms with Gasteiger partial charge in [0.1, 0.15) is 5.82 Å². The van der Waals surface area contributed by atoms with Crippen molar-refractivity contribution in [3.05, 3.63) is 29.6 Å². The normalized spacial score (nSPS) is 13.4. The van der Waals surface area contributed by atoms with Crippen LogP contribution in [-0.2, 0) is 4.79 Å². The minimum atomic E-state index is -0.567. The van der Waals surface area contributed by atoms with Crippen LogP contribution in [0.5, 0.6) is 0 Å². The molecule has 0 aliphatic carbocycles. The molecule has 1 amide bonds. The second-order valence-electron chi connectivity index (χ2n) is 4.36. The third-order valence-corrected chi connectivity index (χ3v) is 3.02. The van der Waals surface area contributed by atoms with Crippen molar-refractivity contribution in [3.63, 3.8) is 0 Å². The fourth-order valence-corrected chi connectivity index (χ4v) is 1.46. The smallest absolute Gasteiger partial charge is 0.241 e. The largest absolute Gasteiger partial charge is 0.324 e. The Balaban J connectivity index is 0.00000289. The van der Waals surface area contributed by atoms with E-state index in [1.54, 1.807) is 6.07 Å². The fraction of sp³-hybridized carbons (Fsp3) is 0.462. The van der Waals surface area contributed by atoms with E-state index in [4.69, 9.17) is 5.73 Å². The van der Waals surface area contributed by atoms with Gasteiger partial charge >= 0.3 is 0 Å². The zero-order valence-corrected chi connectivity index (χ0v) is 11.7. The number of nitrogens with two attached hydrogens (primary N) is 1. The highest BCUT2D eigenvalue weighted by Gasteiger charge is 2.19. The average molecular weight is 275 g/mol. The summed E-state index contributed by atoms with van der Waals surface area (Å²) >= 11 is 0. The Morgan fingerprint density at radius 1 is 1.50 bits per heavy atom. The molecule has 0 aromatic heterocycles. The molecule has 0 aliphatic heterocycles. The van der Waals surface area contributed by atoms with Gasteiger partial charge in [-0.25, -0.2) is 4.39 Å². The van der Waals surface area contributed by atoms with E-state index in [0.717, 1.165) is 12.0 Å². The van der Waals surface area contributed by atoms with Gasteiger partial charge in [-0.2, -0.15) is 0 Å². The fourth-order valence-electron chi connectivity index (χ4n) is 1.46. The Hall–Kier alpha value is -1.13. The Bertz CT molecular complexity index is 412. The quantitative estimate of drug-likeness (QED) is 0.887. The third kappa shape index (κ3) is 4.27. The molecule has 0 spiro atoms. The molecule has 3 nitrogen and oxygen atoms in total. The molecule has 0 aliphatic rings. The molecule has 1 rings (SSSR count). The second kappa shape index (κ2) is 7.34. The minimum absolute atomic E-state index is 0. The molecule has 0 bridgehead atoms. The Labute approximate surface area is 113 Å². The summed E-state index contributed by atoms with van der Waals surface area (Å²) in [5, 5.41) is 2.66. The summed E-state index contributed by atoms with van der Waals surface area (Å²) in [6, 6.07) is 3.72. The SMILES string of the molecule is CCC(C)C(N)C(=O)Nc1cc(F)ccc1C.Cl. The summed E-state index contributed by atoms with van der Waals surface area (Å²) in [5.41, 5.74) is 7.10. The number of nitrogens with one attached hydrogen (secondary N) is 1. The van der Waals surface area contributed by atoms with Gasteiger partial charge in [-0.3, -0.25) is 4.79 Å². The van der Waals surface area contributed by atoms with Gasteiger partial charge in [0.05, 0.1) is 6.04 Å². The summed E-state index contributed by atoms with van der Waals surface area (Å²) in [4.78, 5) is 11.8. The van der Waals surface area contributed by atoms with Crippen molar-refractivity contribution in [2.24, 2.45) is 11.7 Å². The number of aryl methyl sites for hydroxylation is 1. The molecule has 2 atom stereocenters. The third-order valence-electron chi connectivity index (χ3n) is 3.02. The van der Waals surface area contributed by atoms with Gasteiger partial charge in [-0.05, 0) is 30.5 Å². The number of carbonyl (C=O) groups excluding carboxylic acids is 1. The Kier molecular flexibility index (Phi) is 6.88. The van der Waals surface area contributed by atoms with Gasteiger partial charge in [-0.15, -0.1) is 12.4 Å². The lowest BCUT2D eigenvalue weighted by Gasteiger charge is -2.18. The van der Waals surface area contributed by atoms with Gasteiger partial charge in [0.25, 0.3) is 0 Å². The summed E-state index contributed by atoms with van der Waals surface area (Å²) in [6.07, 6.45) is 0.830. The highest BCUT2D eigenvalue weighted by atomic mass is 35.5. The molecule has 0 radical (unpaired) electrons. The molecule has 1 aromatic carbocycles. The van der Waals surface area contributed by atoms with Crippen LogP contribution in [0.4, 0.5) is 10.1 Å². The van der Waals surface area contributed by atoms with E-state index in [9.17, 15) is 9.18 Å². The number of carbonyl (C=O) groups is 1. The first-order valence-electron chi connectivity index (χ1n) is 5.78. The second-order valence-corrected chi connectivity index (χ2v) is 4.36. The topological polar surface area (TPSA) is 55.1 Å². The van der Waals surface area contributed by atoms with Crippen molar-refractivity contribution < 1.29 is 9.18 Å². The van der Waals surface area contributed by atoms with Crippen molar-refractivity contribution in [1.82, 2.24) is 0 Å². The van der Waals surface area contributed by atoms with Crippen LogP contribution in [0, 0.1) is 18.7 Å². The predicted molar refractivity (Wildman–Crippen MR) is 74.4 cm³/mol. The molecule has 0 heterocycles. The molecule has 0 saturated carbocycles. The molecule has 3 N–H and O–H groups in total. The molecule has 0 saturated heterocycles. The van der Waals surface area contributed by atoms with Gasteiger partial charge < -0.3 is 11.1 Å². The van der Waals surface area contributed by atoms with Gasteiger partial charge in [0.15, 0.2) is 0 Å². The Morgan fingerprint density at radius 3 is 2.67 bits per heavy atom. The van der Waals surface area contributed by atoms with Gasteiger partial charge in [0.2, 0.25) is 5.91 Å². The molecular formula is C13H20ClFN2O. The van der Waals surface area contributed by atoms with E-state index in [-0.39, 0.29) is 30.0 Å². The van der Waals surface area contributed by atoms with Crippen LogP contribution in [-0.4, -0.2) is 11.9 Å². The van der Waals surface area contributed by atoms with Crippen LogP contribution in [0.3, 0.4) is 0 Å². The first-order chi connectivity index (χ1) is 7.95. The van der Waals surface area contributed by atoms with Crippen molar-refractivity contribution in [2.75, 3.05) is 5.32 Å². The average Bonchev–Trinajstić information content (AvgIpc) is 2.31. The maximum absolute atomic E-state index is 13.0. The van der Waals surface area contributed by atoms with Crippen LogP contribution >= 0.6 is 12.4 Å². The van der Waals surface area contributed by atoms with E-state index >= 15 is 0 Å². The predicted octanol–water partition coefficient (Wildman–Crippen LogP) is 2.87. The van der Waals surface area contributed by atoms with E-state index in [2.05, 4.69) is 5.32 Å². The molecule has 0 fully saturated rings. The zero-order chi connectivity index (χ0) is 13.0. The summed E-state index contributed by atoms with van der Waals surface area (Å²) in [5.74, 6) is -0.542. The summed E-state index contributed by atoms with van der Waals surface area (Å²) in [7, 11) is 0. The molecule has 18 heavy (non-hydrogen) atoms. The van der Waals surface area contributed by atoms with Crippen LogP contribution in [0.15, 0.2) is 18.2 Å². The standard InChI is InChI=1S/C13H19FN2O.ClH/c1-4-8(2)12(15)13(17)16-11-7-10(14)6-5-9(11)3;/h5-8,12H,4,15H2,1-3H3,(H,16,17);1H. The number of hydrogen-bond acceptors (Lipinski definition) is 2. The van der Waals surface area contributed by atoms with E-state index in [1.165, 1.54) is 12.1 Å². The Morgan fingerprint density at radius 2 is 2.11 bits per heavy atom. The van der Waals surface area contributed by atoms with E-state index < -0.39 is 6.04 Å². The maximum Gasteiger partial charge on any atom is 0.241 e. The molecule has 102 valence electrons. The van der Waals surface area contributed by atoms with Gasteiger partial charge in [0, 0.05) is 5.69 Å². The molecular weight excluding hydrogens is 255 g/mol. The van der Waals surface area contributed by atoms with Crippen molar-refractivity contribution in [2.45, 2.75) is 33.2 Å². The van der Waals surface area contributed by atoms with Gasteiger partial charge in [-0.1, -0.05) is 26.3 Å². The number of amides is 1. The first-order valence-corrected chi connectivity index (χ1v) is 5.78. The number of benzene rings is 1. The lowest BCUT2D eigenvalue weighted by Crippen LogP contribution is -2.40. The first kappa shape index (κ1) is 16.9. The van der Waals surface area contributed by atoms with Crippen molar-refractivity contribution >= 4 is 24.0 Å². The van der Waals surface area contributed by atoms with E-state index in [0.29, 0.717) is 5.69 Å². The van der Waals surface area contributed by atoms with Crippen LogP contribution in [0.2, 0.25) is 0 Å². The van der Waals surface area contributed by atoms with Crippen LogP contribution in [0.25, 0.3) is 0 Å². The molecule has 5 heteroatoms.